The van der Waals surface area contributed by atoms with Crippen LogP contribution in [0.15, 0.2) is 18.2 Å². The van der Waals surface area contributed by atoms with Gasteiger partial charge in [-0.25, -0.2) is 9.37 Å². The number of hydrogen-bond donors (Lipinski definition) is 1. The molecule has 0 radical (unpaired) electrons. The first kappa shape index (κ1) is 12.9. The van der Waals surface area contributed by atoms with E-state index in [9.17, 15) is 4.39 Å². The minimum atomic E-state index is -0.445. The molecule has 0 atom stereocenters. The van der Waals surface area contributed by atoms with Crippen molar-refractivity contribution in [3.05, 3.63) is 34.0 Å². The number of anilines is 1. The van der Waals surface area contributed by atoms with Crippen molar-refractivity contribution < 1.29 is 4.39 Å². The number of aromatic nitrogens is 1. The fraction of sp³-hybridized carbons (Fsp3) is 0.357. The minimum Gasteiger partial charge on any atom is -0.389 e. The molecule has 1 heterocycles. The second kappa shape index (κ2) is 5.10. The third-order valence-electron chi connectivity index (χ3n) is 3.58. The molecule has 0 bridgehead atoms. The van der Waals surface area contributed by atoms with Crippen LogP contribution in [0.1, 0.15) is 36.6 Å². The zero-order valence-electron chi connectivity index (χ0n) is 10.3. The number of halogens is 2. The molecular weight excluding hydrogens is 283 g/mol. The first-order valence-corrected chi connectivity index (χ1v) is 7.57. The highest BCUT2D eigenvalue weighted by atomic mass is 35.5. The standard InChI is InChI=1S/C14H14ClFN2S/c15-10-7-3-6-9(11(10)16)12-13(17)19-14(18-12)8-4-1-2-5-8/h3,6-8H,1-2,4-5,17H2. The maximum Gasteiger partial charge on any atom is 0.151 e. The normalized spacial score (nSPS) is 16.1. The summed E-state index contributed by atoms with van der Waals surface area (Å²) in [6.45, 7) is 0. The van der Waals surface area contributed by atoms with Crippen LogP contribution in [0.5, 0.6) is 0 Å². The molecule has 5 heteroatoms. The van der Waals surface area contributed by atoms with Crippen molar-refractivity contribution in [2.24, 2.45) is 0 Å². The molecule has 1 saturated carbocycles. The average molecular weight is 297 g/mol. The van der Waals surface area contributed by atoms with Crippen molar-refractivity contribution >= 4 is 27.9 Å². The van der Waals surface area contributed by atoms with Gasteiger partial charge in [-0.1, -0.05) is 30.5 Å². The second-order valence-electron chi connectivity index (χ2n) is 4.85. The Bertz CT molecular complexity index is 605. The molecule has 1 aliphatic rings. The predicted molar refractivity (Wildman–Crippen MR) is 78.1 cm³/mol. The maximum absolute atomic E-state index is 14.0. The van der Waals surface area contributed by atoms with Gasteiger partial charge in [0, 0.05) is 11.5 Å². The number of hydrogen-bond acceptors (Lipinski definition) is 3. The average Bonchev–Trinajstić information content (AvgIpc) is 3.02. The molecule has 3 rings (SSSR count). The fourth-order valence-corrected chi connectivity index (χ4v) is 3.77. The summed E-state index contributed by atoms with van der Waals surface area (Å²) in [6, 6.07) is 4.92. The molecule has 2 aromatic rings. The Kier molecular flexibility index (Phi) is 3.46. The van der Waals surface area contributed by atoms with E-state index in [1.807, 2.05) is 0 Å². The van der Waals surface area contributed by atoms with Crippen molar-refractivity contribution in [2.45, 2.75) is 31.6 Å². The molecule has 19 heavy (non-hydrogen) atoms. The first-order valence-electron chi connectivity index (χ1n) is 6.37. The lowest BCUT2D eigenvalue weighted by atomic mass is 10.1. The summed E-state index contributed by atoms with van der Waals surface area (Å²) in [5.74, 6) is 0.0439. The van der Waals surface area contributed by atoms with Crippen LogP contribution in [0.25, 0.3) is 11.3 Å². The number of nitrogen functional groups attached to an aromatic ring is 1. The largest absolute Gasteiger partial charge is 0.389 e. The van der Waals surface area contributed by atoms with E-state index in [1.165, 1.54) is 30.2 Å². The van der Waals surface area contributed by atoms with Crippen LogP contribution < -0.4 is 5.73 Å². The zero-order valence-corrected chi connectivity index (χ0v) is 11.9. The van der Waals surface area contributed by atoms with Crippen LogP contribution in [-0.2, 0) is 0 Å². The molecule has 1 aromatic carbocycles. The van der Waals surface area contributed by atoms with E-state index in [4.69, 9.17) is 17.3 Å². The van der Waals surface area contributed by atoms with E-state index < -0.39 is 5.82 Å². The lowest BCUT2D eigenvalue weighted by Gasteiger charge is -2.03. The number of nitrogens with two attached hydrogens (primary N) is 1. The summed E-state index contributed by atoms with van der Waals surface area (Å²) >= 11 is 7.29. The van der Waals surface area contributed by atoms with E-state index in [-0.39, 0.29) is 5.02 Å². The summed E-state index contributed by atoms with van der Waals surface area (Å²) in [4.78, 5) is 4.56. The quantitative estimate of drug-likeness (QED) is 0.861. The van der Waals surface area contributed by atoms with Crippen molar-refractivity contribution in [1.29, 1.82) is 0 Å². The van der Waals surface area contributed by atoms with Gasteiger partial charge in [-0.2, -0.15) is 0 Å². The summed E-state index contributed by atoms with van der Waals surface area (Å²) in [5, 5.41) is 1.71. The molecule has 0 aliphatic heterocycles. The van der Waals surface area contributed by atoms with Crippen molar-refractivity contribution in [2.75, 3.05) is 5.73 Å². The van der Waals surface area contributed by atoms with Crippen LogP contribution in [0.2, 0.25) is 5.02 Å². The zero-order chi connectivity index (χ0) is 13.4. The van der Waals surface area contributed by atoms with E-state index in [0.29, 0.717) is 22.2 Å². The highest BCUT2D eigenvalue weighted by molar-refractivity contribution is 7.16. The van der Waals surface area contributed by atoms with Crippen LogP contribution in [0.3, 0.4) is 0 Å². The van der Waals surface area contributed by atoms with Crippen molar-refractivity contribution in [3.63, 3.8) is 0 Å². The van der Waals surface area contributed by atoms with Gasteiger partial charge in [0.25, 0.3) is 0 Å². The van der Waals surface area contributed by atoms with Crippen molar-refractivity contribution in [3.8, 4) is 11.3 Å². The second-order valence-corrected chi connectivity index (χ2v) is 6.32. The first-order chi connectivity index (χ1) is 9.16. The molecule has 2 N–H and O–H groups in total. The summed E-state index contributed by atoms with van der Waals surface area (Å²) in [5.41, 5.74) is 6.93. The van der Waals surface area contributed by atoms with Crippen molar-refractivity contribution in [1.82, 2.24) is 4.98 Å². The van der Waals surface area contributed by atoms with Gasteiger partial charge in [-0.15, -0.1) is 11.3 Å². The summed E-state index contributed by atoms with van der Waals surface area (Å²) in [6.07, 6.45) is 4.80. The Hall–Kier alpha value is -1.13. The van der Waals surface area contributed by atoms with Gasteiger partial charge in [0.15, 0.2) is 5.82 Å². The number of nitrogens with zero attached hydrogens (tertiary/aromatic N) is 1. The third-order valence-corrected chi connectivity index (χ3v) is 4.92. The molecule has 100 valence electrons. The number of thiazole rings is 1. The van der Waals surface area contributed by atoms with Gasteiger partial charge in [0.2, 0.25) is 0 Å². The fourth-order valence-electron chi connectivity index (χ4n) is 2.58. The molecule has 0 saturated heterocycles. The summed E-state index contributed by atoms with van der Waals surface area (Å²) in [7, 11) is 0. The van der Waals surface area contributed by atoms with Crippen LogP contribution in [0.4, 0.5) is 9.39 Å². The lowest BCUT2D eigenvalue weighted by molar-refractivity contribution is 0.631. The molecule has 0 amide bonds. The SMILES string of the molecule is Nc1sc(C2CCCC2)nc1-c1cccc(Cl)c1F. The molecule has 1 aliphatic carbocycles. The molecule has 1 aromatic heterocycles. The van der Waals surface area contributed by atoms with E-state index in [1.54, 1.807) is 12.1 Å². The topological polar surface area (TPSA) is 38.9 Å². The lowest BCUT2D eigenvalue weighted by Crippen LogP contribution is -1.93. The minimum absolute atomic E-state index is 0.104. The van der Waals surface area contributed by atoms with Gasteiger partial charge < -0.3 is 5.73 Å². The van der Waals surface area contributed by atoms with Crippen LogP contribution in [-0.4, -0.2) is 4.98 Å². The van der Waals surface area contributed by atoms with E-state index >= 15 is 0 Å². The summed E-state index contributed by atoms with van der Waals surface area (Å²) < 4.78 is 14.0. The van der Waals surface area contributed by atoms with E-state index in [0.717, 1.165) is 17.8 Å². The molecule has 2 nitrogen and oxygen atoms in total. The Morgan fingerprint density at radius 1 is 1.32 bits per heavy atom. The predicted octanol–water partition coefficient (Wildman–Crippen LogP) is 4.84. The van der Waals surface area contributed by atoms with Gasteiger partial charge >= 0.3 is 0 Å². The Balaban J connectivity index is 2.03. The Morgan fingerprint density at radius 2 is 2.05 bits per heavy atom. The Labute approximate surface area is 120 Å². The maximum atomic E-state index is 14.0. The number of rotatable bonds is 2. The Morgan fingerprint density at radius 3 is 2.79 bits per heavy atom. The highest BCUT2D eigenvalue weighted by Gasteiger charge is 2.23. The molecular formula is C14H14ClFN2S. The van der Waals surface area contributed by atoms with E-state index in [2.05, 4.69) is 4.98 Å². The van der Waals surface area contributed by atoms with Gasteiger partial charge in [-0.05, 0) is 25.0 Å². The van der Waals surface area contributed by atoms with Gasteiger partial charge in [0.1, 0.15) is 10.7 Å². The molecule has 0 unspecified atom stereocenters. The number of benzene rings is 1. The smallest absolute Gasteiger partial charge is 0.151 e. The monoisotopic (exact) mass is 296 g/mol. The van der Waals surface area contributed by atoms with Crippen LogP contribution >= 0.6 is 22.9 Å². The van der Waals surface area contributed by atoms with Gasteiger partial charge in [-0.3, -0.25) is 0 Å². The molecule has 0 spiro atoms. The molecule has 1 fully saturated rings. The van der Waals surface area contributed by atoms with Crippen LogP contribution in [0, 0.1) is 5.82 Å². The third kappa shape index (κ3) is 2.35. The van der Waals surface area contributed by atoms with Gasteiger partial charge in [0.05, 0.1) is 10.0 Å². The highest BCUT2D eigenvalue weighted by Crippen LogP contribution is 2.41.